The zero-order valence-corrected chi connectivity index (χ0v) is 14.5. The van der Waals surface area contributed by atoms with Crippen LogP contribution >= 0.6 is 0 Å². The fourth-order valence-corrected chi connectivity index (χ4v) is 4.37. The molecule has 0 aliphatic carbocycles. The zero-order valence-electron chi connectivity index (χ0n) is 14.5. The number of hydrazine groups is 1. The van der Waals surface area contributed by atoms with E-state index in [4.69, 9.17) is 0 Å². The van der Waals surface area contributed by atoms with Crippen molar-refractivity contribution in [1.82, 2.24) is 15.8 Å². The number of nitrogens with one attached hydrogen (secondary N) is 2. The minimum Gasteiger partial charge on any atom is -0.371 e. The van der Waals surface area contributed by atoms with Crippen molar-refractivity contribution >= 4 is 11.6 Å². The van der Waals surface area contributed by atoms with E-state index in [9.17, 15) is 18.0 Å². The molecule has 0 aromatic heterocycles. The molecule has 142 valence electrons. The maximum absolute atomic E-state index is 14.9. The van der Waals surface area contributed by atoms with Gasteiger partial charge in [-0.15, -0.1) is 0 Å². The highest BCUT2D eigenvalue weighted by Gasteiger charge is 2.60. The lowest BCUT2D eigenvalue weighted by molar-refractivity contribution is -0.169. The number of likely N-dealkylation sites (tertiary alicyclic amines) is 1. The van der Waals surface area contributed by atoms with E-state index >= 15 is 0 Å². The number of hydrogen-bond donors (Lipinski definition) is 2. The van der Waals surface area contributed by atoms with Crippen molar-refractivity contribution in [1.29, 1.82) is 0 Å². The Bertz CT molecular complexity index is 695. The molecule has 2 atom stereocenters. The van der Waals surface area contributed by atoms with Crippen LogP contribution in [0.2, 0.25) is 0 Å². The molecule has 0 saturated carbocycles. The van der Waals surface area contributed by atoms with E-state index < -0.39 is 11.3 Å². The van der Waals surface area contributed by atoms with Gasteiger partial charge in [0.05, 0.1) is 5.41 Å². The van der Waals surface area contributed by atoms with Crippen molar-refractivity contribution in [3.63, 3.8) is 0 Å². The molecule has 26 heavy (non-hydrogen) atoms. The molecule has 3 aliphatic heterocycles. The Morgan fingerprint density at radius 2 is 2.04 bits per heavy atom. The average molecular weight is 368 g/mol. The minimum absolute atomic E-state index is 0.0445. The average Bonchev–Trinajstić information content (AvgIpc) is 3.28. The molecule has 5 nitrogen and oxygen atoms in total. The zero-order chi connectivity index (χ0) is 18.4. The van der Waals surface area contributed by atoms with E-state index in [-0.39, 0.29) is 50.2 Å². The first kappa shape index (κ1) is 17.6. The summed E-state index contributed by atoms with van der Waals surface area (Å²) in [5.41, 5.74) is 5.16. The fraction of sp³-hybridized carbons (Fsp3) is 0.611. The van der Waals surface area contributed by atoms with Crippen molar-refractivity contribution in [3.8, 4) is 0 Å². The van der Waals surface area contributed by atoms with E-state index in [1.807, 2.05) is 0 Å². The highest BCUT2D eigenvalue weighted by molar-refractivity contribution is 5.82. The number of alkyl halides is 2. The van der Waals surface area contributed by atoms with Gasteiger partial charge in [0.15, 0.2) is 0 Å². The second kappa shape index (κ2) is 6.42. The fourth-order valence-electron chi connectivity index (χ4n) is 4.37. The first-order chi connectivity index (χ1) is 12.4. The number of benzene rings is 1. The van der Waals surface area contributed by atoms with Gasteiger partial charge in [-0.2, -0.15) is 0 Å². The summed E-state index contributed by atoms with van der Waals surface area (Å²) in [6.45, 7) is 1.38. The summed E-state index contributed by atoms with van der Waals surface area (Å²) in [6, 6.07) is 5.69. The number of amides is 1. The summed E-state index contributed by atoms with van der Waals surface area (Å²) in [4.78, 5) is 16.0. The lowest BCUT2D eigenvalue weighted by Gasteiger charge is -2.46. The van der Waals surface area contributed by atoms with Gasteiger partial charge in [-0.25, -0.2) is 18.6 Å². The van der Waals surface area contributed by atoms with Crippen molar-refractivity contribution < 1.29 is 18.0 Å². The lowest BCUT2D eigenvalue weighted by Crippen LogP contribution is -2.60. The van der Waals surface area contributed by atoms with Crippen LogP contribution in [0.25, 0.3) is 0 Å². The maximum Gasteiger partial charge on any atom is 0.258 e. The Kier molecular flexibility index (Phi) is 4.35. The number of nitrogens with zero attached hydrogens (tertiary/aromatic N) is 2. The highest BCUT2D eigenvalue weighted by atomic mass is 19.3. The highest BCUT2D eigenvalue weighted by Crippen LogP contribution is 2.50. The summed E-state index contributed by atoms with van der Waals surface area (Å²) in [5.74, 6) is -3.34. The van der Waals surface area contributed by atoms with Crippen LogP contribution < -0.4 is 15.8 Å². The largest absolute Gasteiger partial charge is 0.371 e. The van der Waals surface area contributed by atoms with Crippen LogP contribution in [0.3, 0.4) is 0 Å². The third kappa shape index (κ3) is 2.95. The van der Waals surface area contributed by atoms with Gasteiger partial charge in [-0.3, -0.25) is 10.2 Å². The predicted octanol–water partition coefficient (Wildman–Crippen LogP) is 1.76. The van der Waals surface area contributed by atoms with E-state index in [1.54, 1.807) is 21.9 Å². The Morgan fingerprint density at radius 1 is 1.19 bits per heavy atom. The molecule has 3 aliphatic rings. The van der Waals surface area contributed by atoms with E-state index in [1.165, 1.54) is 12.1 Å². The lowest BCUT2D eigenvalue weighted by atomic mass is 9.75. The summed E-state index contributed by atoms with van der Waals surface area (Å²) in [6.07, 6.45) is 0.626. The molecular formula is C18H23F3N4O. The van der Waals surface area contributed by atoms with Crippen molar-refractivity contribution in [2.75, 3.05) is 37.6 Å². The standard InChI is InChI=1S/C18H23F3N4O/c19-13-2-1-3-14(10-13)24-8-5-17(11-24)12-25(9-6-18(17,20)21)16(26)15-4-7-22-23-15/h1-3,10,15,22-23H,4-9,11-12H2. The maximum atomic E-state index is 14.9. The molecule has 2 unspecified atom stereocenters. The van der Waals surface area contributed by atoms with Crippen LogP contribution in [0.15, 0.2) is 24.3 Å². The quantitative estimate of drug-likeness (QED) is 0.835. The van der Waals surface area contributed by atoms with Crippen LogP contribution in [-0.2, 0) is 4.79 Å². The number of carbonyl (C=O) groups is 1. The first-order valence-corrected chi connectivity index (χ1v) is 9.06. The molecule has 0 radical (unpaired) electrons. The molecule has 2 N–H and O–H groups in total. The van der Waals surface area contributed by atoms with Gasteiger partial charge in [0.25, 0.3) is 5.92 Å². The first-order valence-electron chi connectivity index (χ1n) is 9.06. The van der Waals surface area contributed by atoms with Gasteiger partial charge in [0.2, 0.25) is 5.91 Å². The topological polar surface area (TPSA) is 47.6 Å². The number of piperidine rings is 1. The second-order valence-corrected chi connectivity index (χ2v) is 7.56. The summed E-state index contributed by atoms with van der Waals surface area (Å²) in [5, 5.41) is 0. The third-order valence-electron chi connectivity index (χ3n) is 5.94. The summed E-state index contributed by atoms with van der Waals surface area (Å²) < 4.78 is 43.3. The Balaban J connectivity index is 1.54. The van der Waals surface area contributed by atoms with Gasteiger partial charge in [0, 0.05) is 44.8 Å². The Morgan fingerprint density at radius 3 is 2.77 bits per heavy atom. The molecule has 1 amide bonds. The monoisotopic (exact) mass is 368 g/mol. The van der Waals surface area contributed by atoms with E-state index in [2.05, 4.69) is 10.9 Å². The van der Waals surface area contributed by atoms with Gasteiger partial charge in [-0.1, -0.05) is 6.07 Å². The van der Waals surface area contributed by atoms with Gasteiger partial charge >= 0.3 is 0 Å². The van der Waals surface area contributed by atoms with Gasteiger partial charge in [0.1, 0.15) is 11.9 Å². The minimum atomic E-state index is -2.84. The smallest absolute Gasteiger partial charge is 0.258 e. The van der Waals surface area contributed by atoms with Crippen molar-refractivity contribution in [2.45, 2.75) is 31.2 Å². The Labute approximate surface area is 150 Å². The summed E-state index contributed by atoms with van der Waals surface area (Å²) in [7, 11) is 0. The number of rotatable bonds is 2. The predicted molar refractivity (Wildman–Crippen MR) is 91.4 cm³/mol. The number of hydrogen-bond acceptors (Lipinski definition) is 4. The number of anilines is 1. The van der Waals surface area contributed by atoms with Gasteiger partial charge in [-0.05, 0) is 31.0 Å². The molecule has 0 bridgehead atoms. The number of carbonyl (C=O) groups excluding carboxylic acids is 1. The van der Waals surface area contributed by atoms with Crippen molar-refractivity contribution in [2.24, 2.45) is 5.41 Å². The number of halogens is 3. The van der Waals surface area contributed by atoms with Gasteiger partial charge < -0.3 is 9.80 Å². The molecule has 4 rings (SSSR count). The molecule has 8 heteroatoms. The molecule has 3 heterocycles. The molecular weight excluding hydrogens is 345 g/mol. The molecule has 1 spiro atoms. The Hall–Kier alpha value is -1.80. The van der Waals surface area contributed by atoms with Crippen LogP contribution in [0, 0.1) is 11.2 Å². The third-order valence-corrected chi connectivity index (χ3v) is 5.94. The molecule has 1 aromatic rings. The normalized spacial score (nSPS) is 31.0. The van der Waals surface area contributed by atoms with Crippen LogP contribution in [0.5, 0.6) is 0 Å². The van der Waals surface area contributed by atoms with Crippen LogP contribution in [0.1, 0.15) is 19.3 Å². The molecule has 3 saturated heterocycles. The van der Waals surface area contributed by atoms with Crippen LogP contribution in [0.4, 0.5) is 18.9 Å². The second-order valence-electron chi connectivity index (χ2n) is 7.56. The van der Waals surface area contributed by atoms with E-state index in [0.717, 1.165) is 0 Å². The SMILES string of the molecule is O=C(C1CCNN1)N1CCC(F)(F)C2(CCN(c3cccc(F)c3)C2)C1. The van der Waals surface area contributed by atoms with E-state index in [0.29, 0.717) is 25.2 Å². The molecule has 1 aromatic carbocycles. The van der Waals surface area contributed by atoms with Crippen molar-refractivity contribution in [3.05, 3.63) is 30.1 Å². The van der Waals surface area contributed by atoms with Crippen LogP contribution in [-0.4, -0.2) is 55.5 Å². The molecule has 3 fully saturated rings. The summed E-state index contributed by atoms with van der Waals surface area (Å²) >= 11 is 0.